The average molecular weight is 450 g/mol. The van der Waals surface area contributed by atoms with Gasteiger partial charge in [0.25, 0.3) is 0 Å². The van der Waals surface area contributed by atoms with Crippen LogP contribution in [0.5, 0.6) is 0 Å². The molecule has 4 rings (SSSR count). The Morgan fingerprint density at radius 3 is 2.53 bits per heavy atom. The minimum absolute atomic E-state index is 0.105. The number of rotatable bonds is 7. The summed E-state index contributed by atoms with van der Waals surface area (Å²) in [7, 11) is 0. The van der Waals surface area contributed by atoms with Crippen LogP contribution in [0.15, 0.2) is 59.8 Å². The molecule has 8 heteroatoms. The lowest BCUT2D eigenvalue weighted by Gasteiger charge is -2.31. The topological polar surface area (TPSA) is 83.6 Å². The van der Waals surface area contributed by atoms with Gasteiger partial charge in [-0.2, -0.15) is 5.26 Å². The number of amides is 1. The van der Waals surface area contributed by atoms with Gasteiger partial charge in [-0.25, -0.2) is 4.39 Å². The number of hydrogen-bond acceptors (Lipinski definition) is 5. The first-order chi connectivity index (χ1) is 15.6. The molecule has 0 spiro atoms. The number of benzene rings is 2. The number of thioether (sulfide) groups is 1. The molecule has 1 aliphatic carbocycles. The van der Waals surface area contributed by atoms with Gasteiger partial charge in [0, 0.05) is 0 Å². The van der Waals surface area contributed by atoms with Gasteiger partial charge < -0.3 is 5.32 Å². The third-order valence-electron chi connectivity index (χ3n) is 5.65. The van der Waals surface area contributed by atoms with Crippen molar-refractivity contribution in [1.29, 1.82) is 5.26 Å². The first-order valence-electron chi connectivity index (χ1n) is 10.7. The zero-order valence-electron chi connectivity index (χ0n) is 17.6. The second-order valence-corrected chi connectivity index (χ2v) is 8.89. The molecular weight excluding hydrogens is 425 g/mol. The van der Waals surface area contributed by atoms with Gasteiger partial charge >= 0.3 is 0 Å². The van der Waals surface area contributed by atoms with Crippen LogP contribution in [0.2, 0.25) is 0 Å². The van der Waals surface area contributed by atoms with Crippen LogP contribution in [-0.4, -0.2) is 32.0 Å². The molecule has 0 aliphatic heterocycles. The van der Waals surface area contributed by atoms with Gasteiger partial charge in [0.05, 0.1) is 23.9 Å². The van der Waals surface area contributed by atoms with Crippen LogP contribution in [0.25, 0.3) is 11.4 Å². The molecule has 1 heterocycles. The van der Waals surface area contributed by atoms with Crippen LogP contribution >= 0.6 is 11.8 Å². The Morgan fingerprint density at radius 1 is 1.09 bits per heavy atom. The molecule has 164 valence electrons. The highest BCUT2D eigenvalue weighted by Gasteiger charge is 2.33. The summed E-state index contributed by atoms with van der Waals surface area (Å²) in [6, 6.07) is 18.5. The van der Waals surface area contributed by atoms with Crippen molar-refractivity contribution in [1.82, 2.24) is 20.1 Å². The van der Waals surface area contributed by atoms with E-state index in [1.807, 2.05) is 34.9 Å². The van der Waals surface area contributed by atoms with E-state index in [0.717, 1.165) is 24.8 Å². The molecule has 3 aromatic rings. The zero-order valence-corrected chi connectivity index (χ0v) is 18.4. The monoisotopic (exact) mass is 449 g/mol. The molecule has 1 aromatic heterocycles. The SMILES string of the molecule is N#CC1(NC(=O)CSc2nnc(-c3ccccc3F)n2Cc2ccccc2)CCCCC1. The fourth-order valence-electron chi connectivity index (χ4n) is 4.00. The van der Waals surface area contributed by atoms with E-state index in [9.17, 15) is 14.4 Å². The number of carbonyl (C=O) groups excluding carboxylic acids is 1. The molecule has 0 radical (unpaired) electrons. The molecule has 1 saturated carbocycles. The summed E-state index contributed by atoms with van der Waals surface area (Å²) < 4.78 is 16.3. The Balaban J connectivity index is 1.55. The Bertz CT molecular complexity index is 1120. The Morgan fingerprint density at radius 2 is 1.81 bits per heavy atom. The predicted molar refractivity (Wildman–Crippen MR) is 121 cm³/mol. The maximum Gasteiger partial charge on any atom is 0.231 e. The number of nitriles is 1. The van der Waals surface area contributed by atoms with Gasteiger partial charge in [-0.3, -0.25) is 9.36 Å². The van der Waals surface area contributed by atoms with Crippen molar-refractivity contribution in [3.05, 3.63) is 66.0 Å². The molecule has 1 N–H and O–H groups in total. The minimum atomic E-state index is -0.772. The number of nitrogens with one attached hydrogen (secondary N) is 1. The maximum atomic E-state index is 14.5. The van der Waals surface area contributed by atoms with Gasteiger partial charge in [-0.1, -0.05) is 73.5 Å². The van der Waals surface area contributed by atoms with E-state index in [2.05, 4.69) is 21.6 Å². The standard InChI is InChI=1S/C24H24FN5OS/c25-20-12-6-5-11-19(20)22-28-29-23(30(22)15-18-9-3-1-4-10-18)32-16-21(31)27-24(17-26)13-7-2-8-14-24/h1,3-6,9-12H,2,7-8,13-16H2,(H,27,31). The van der Waals surface area contributed by atoms with E-state index in [0.29, 0.717) is 35.9 Å². The van der Waals surface area contributed by atoms with E-state index in [-0.39, 0.29) is 17.5 Å². The van der Waals surface area contributed by atoms with Crippen molar-refractivity contribution in [3.63, 3.8) is 0 Å². The van der Waals surface area contributed by atoms with Crippen molar-refractivity contribution in [2.24, 2.45) is 0 Å². The highest BCUT2D eigenvalue weighted by atomic mass is 32.2. The quantitative estimate of drug-likeness (QED) is 0.534. The first kappa shape index (κ1) is 22.0. The highest BCUT2D eigenvalue weighted by molar-refractivity contribution is 7.99. The number of carbonyl (C=O) groups is 1. The molecule has 1 amide bonds. The first-order valence-corrected chi connectivity index (χ1v) is 11.7. The fraction of sp³-hybridized carbons (Fsp3) is 0.333. The molecule has 1 fully saturated rings. The van der Waals surface area contributed by atoms with Crippen molar-refractivity contribution in [2.45, 2.75) is 49.3 Å². The van der Waals surface area contributed by atoms with E-state index in [4.69, 9.17) is 0 Å². The molecule has 0 atom stereocenters. The average Bonchev–Trinajstić information content (AvgIpc) is 3.21. The van der Waals surface area contributed by atoms with Crippen molar-refractivity contribution < 1.29 is 9.18 Å². The van der Waals surface area contributed by atoms with E-state index >= 15 is 0 Å². The summed E-state index contributed by atoms with van der Waals surface area (Å²) in [6.45, 7) is 0.448. The van der Waals surface area contributed by atoms with Gasteiger partial charge in [-0.05, 0) is 30.5 Å². The number of nitrogens with zero attached hydrogens (tertiary/aromatic N) is 4. The zero-order chi connectivity index (χ0) is 22.4. The highest BCUT2D eigenvalue weighted by Crippen LogP contribution is 2.29. The smallest absolute Gasteiger partial charge is 0.231 e. The number of hydrogen-bond donors (Lipinski definition) is 1. The maximum absolute atomic E-state index is 14.5. The Hall–Kier alpha value is -3.18. The van der Waals surface area contributed by atoms with Gasteiger partial charge in [-0.15, -0.1) is 10.2 Å². The molecule has 0 saturated heterocycles. The lowest BCUT2D eigenvalue weighted by Crippen LogP contribution is -2.49. The van der Waals surface area contributed by atoms with E-state index in [1.165, 1.54) is 17.8 Å². The second kappa shape index (κ2) is 9.96. The third-order valence-corrected chi connectivity index (χ3v) is 6.61. The molecule has 2 aromatic carbocycles. The summed E-state index contributed by atoms with van der Waals surface area (Å²) in [5.41, 5.74) is 0.603. The largest absolute Gasteiger partial charge is 0.337 e. The molecular formula is C24H24FN5OS. The molecule has 1 aliphatic rings. The van der Waals surface area contributed by atoms with Gasteiger partial charge in [0.1, 0.15) is 11.4 Å². The third kappa shape index (κ3) is 5.00. The van der Waals surface area contributed by atoms with E-state index < -0.39 is 5.54 Å². The van der Waals surface area contributed by atoms with Crippen LogP contribution in [0, 0.1) is 17.1 Å². The molecule has 6 nitrogen and oxygen atoms in total. The predicted octanol–water partition coefficient (Wildman–Crippen LogP) is 4.57. The minimum Gasteiger partial charge on any atom is -0.337 e. The summed E-state index contributed by atoms with van der Waals surface area (Å²) in [4.78, 5) is 12.6. The summed E-state index contributed by atoms with van der Waals surface area (Å²) in [5.74, 6) is -0.0688. The fourth-order valence-corrected chi connectivity index (χ4v) is 4.74. The van der Waals surface area contributed by atoms with Crippen LogP contribution in [0.4, 0.5) is 4.39 Å². The number of halogens is 1. The van der Waals surface area contributed by atoms with Crippen molar-refractivity contribution in [3.8, 4) is 17.5 Å². The van der Waals surface area contributed by atoms with E-state index in [1.54, 1.807) is 18.2 Å². The second-order valence-electron chi connectivity index (χ2n) is 7.95. The van der Waals surface area contributed by atoms with Crippen molar-refractivity contribution >= 4 is 17.7 Å². The lowest BCUT2D eigenvalue weighted by molar-refractivity contribution is -0.120. The Kier molecular flexibility index (Phi) is 6.86. The lowest BCUT2D eigenvalue weighted by atomic mass is 9.83. The van der Waals surface area contributed by atoms with Crippen LogP contribution < -0.4 is 5.32 Å². The molecule has 0 bridgehead atoms. The van der Waals surface area contributed by atoms with Gasteiger partial charge in [0.2, 0.25) is 5.91 Å². The Labute approximate surface area is 190 Å². The van der Waals surface area contributed by atoms with Crippen LogP contribution in [0.3, 0.4) is 0 Å². The molecule has 0 unspecified atom stereocenters. The molecule has 32 heavy (non-hydrogen) atoms. The normalized spacial score (nSPS) is 15.1. The summed E-state index contributed by atoms with van der Waals surface area (Å²) >= 11 is 1.24. The summed E-state index contributed by atoms with van der Waals surface area (Å²) in [6.07, 6.45) is 4.34. The van der Waals surface area contributed by atoms with Crippen LogP contribution in [-0.2, 0) is 11.3 Å². The number of aromatic nitrogens is 3. The van der Waals surface area contributed by atoms with Gasteiger partial charge in [0.15, 0.2) is 11.0 Å². The summed E-state index contributed by atoms with van der Waals surface area (Å²) in [5, 5.41) is 21.5. The van der Waals surface area contributed by atoms with Crippen LogP contribution in [0.1, 0.15) is 37.7 Å². The van der Waals surface area contributed by atoms with Crippen molar-refractivity contribution in [2.75, 3.05) is 5.75 Å².